The molecule has 0 aromatic carbocycles. The van der Waals surface area contributed by atoms with E-state index in [-0.39, 0.29) is 15.0 Å². The predicted molar refractivity (Wildman–Crippen MR) is 73.2 cm³/mol. The maximum absolute atomic E-state index is 6.20. The molecule has 0 N–H and O–H groups in total. The van der Waals surface area contributed by atoms with Gasteiger partial charge in [0.05, 0.1) is 5.38 Å². The van der Waals surface area contributed by atoms with Crippen LogP contribution in [0.25, 0.3) is 0 Å². The first-order valence-electron chi connectivity index (χ1n) is 3.31. The molecule has 2 unspecified atom stereocenters. The van der Waals surface area contributed by atoms with Crippen molar-refractivity contribution in [3.63, 3.8) is 0 Å². The average molecular weight is 513 g/mol. The third kappa shape index (κ3) is 2.43. The minimum absolute atomic E-state index is 0.0903. The maximum Gasteiger partial charge on any atom is 0.0608 e. The van der Waals surface area contributed by atoms with Gasteiger partial charge in [0.1, 0.15) is 0 Å². The van der Waals surface area contributed by atoms with Crippen LogP contribution in [0.3, 0.4) is 0 Å². The Morgan fingerprint density at radius 3 is 1.17 bits per heavy atom. The molecule has 0 amide bonds. The number of rotatable bonds is 0. The lowest BCUT2D eigenvalue weighted by Crippen LogP contribution is -2.50. The normalized spacial score (nSPS) is 55.5. The molecule has 0 aromatic rings. The van der Waals surface area contributed by atoms with Gasteiger partial charge in [-0.3, -0.25) is 0 Å². The van der Waals surface area contributed by atoms with Crippen LogP contribution in [0.1, 0.15) is 0 Å². The Labute approximate surface area is 119 Å². The summed E-state index contributed by atoms with van der Waals surface area (Å²) in [6.07, 6.45) is 0. The van der Waals surface area contributed by atoms with Crippen molar-refractivity contribution < 1.29 is 0 Å². The van der Waals surface area contributed by atoms with Crippen LogP contribution >= 0.6 is 91.3 Å². The van der Waals surface area contributed by atoms with E-state index in [1.807, 2.05) is 0 Å². The molecule has 12 heavy (non-hydrogen) atoms. The highest BCUT2D eigenvalue weighted by atomic mass is 79.9. The Balaban J connectivity index is 2.76. The summed E-state index contributed by atoms with van der Waals surface area (Å²) in [7, 11) is 0. The molecule has 1 aliphatic carbocycles. The van der Waals surface area contributed by atoms with Crippen LogP contribution in [0.5, 0.6) is 0 Å². The molecule has 72 valence electrons. The Bertz CT molecular complexity index is 107. The van der Waals surface area contributed by atoms with Gasteiger partial charge in [-0.2, -0.15) is 0 Å². The zero-order valence-electron chi connectivity index (χ0n) is 5.73. The van der Waals surface area contributed by atoms with Crippen LogP contribution in [0.4, 0.5) is 0 Å². The topological polar surface area (TPSA) is 0 Å². The summed E-state index contributed by atoms with van der Waals surface area (Å²) in [5, 5.41) is 0.0903. The highest BCUT2D eigenvalue weighted by molar-refractivity contribution is 9.15. The third-order valence-corrected chi connectivity index (χ3v) is 11.5. The number of hydrogen-bond acceptors (Lipinski definition) is 0. The fourth-order valence-electron chi connectivity index (χ4n) is 1.05. The maximum atomic E-state index is 6.20. The molecule has 0 spiro atoms. The molecule has 0 nitrogen and oxygen atoms in total. The van der Waals surface area contributed by atoms with E-state index in [9.17, 15) is 0 Å². The van der Waals surface area contributed by atoms with Crippen molar-refractivity contribution in [1.82, 2.24) is 0 Å². The lowest BCUT2D eigenvalue weighted by molar-refractivity contribution is 0.600. The van der Waals surface area contributed by atoms with Crippen molar-refractivity contribution in [3.8, 4) is 0 Å². The summed E-state index contributed by atoms with van der Waals surface area (Å²) < 4.78 is 0. The van der Waals surface area contributed by atoms with Crippen LogP contribution in [0, 0.1) is 0 Å². The van der Waals surface area contributed by atoms with E-state index in [2.05, 4.69) is 79.6 Å². The second-order valence-corrected chi connectivity index (χ2v) is 8.46. The van der Waals surface area contributed by atoms with Crippen LogP contribution < -0.4 is 0 Å². The van der Waals surface area contributed by atoms with Gasteiger partial charge in [0.25, 0.3) is 0 Å². The standard InChI is InChI=1S/C6H6Br5Cl/c7-1-2(8)4(10)6(12)5(11)3(1)9/h1-6H/t1?,2-,3+,4-,5-,6?/m0/s1. The molecule has 0 aromatic heterocycles. The molecule has 1 saturated carbocycles. The number of hydrogen-bond donors (Lipinski definition) is 0. The molecule has 0 radical (unpaired) electrons. The van der Waals surface area contributed by atoms with Gasteiger partial charge >= 0.3 is 0 Å². The number of alkyl halides is 6. The summed E-state index contributed by atoms with van der Waals surface area (Å²) in [5.74, 6) is 0. The minimum atomic E-state index is 0.0903. The summed E-state index contributed by atoms with van der Waals surface area (Å²) in [4.78, 5) is 1.63. The van der Waals surface area contributed by atoms with Gasteiger partial charge < -0.3 is 0 Å². The van der Waals surface area contributed by atoms with Crippen LogP contribution in [0.2, 0.25) is 0 Å². The van der Waals surface area contributed by atoms with Crippen LogP contribution in [-0.4, -0.2) is 29.5 Å². The summed E-state index contributed by atoms with van der Waals surface area (Å²) in [6.45, 7) is 0. The average Bonchev–Trinajstić information content (AvgIpc) is 2.08. The first-order chi connectivity index (χ1) is 5.46. The second-order valence-electron chi connectivity index (χ2n) is 2.67. The van der Waals surface area contributed by atoms with Crippen molar-refractivity contribution >= 4 is 91.3 Å². The first kappa shape index (κ1) is 12.8. The molecular formula is C6H6Br5Cl. The zero-order chi connectivity index (χ0) is 9.46. The van der Waals surface area contributed by atoms with Crippen molar-refractivity contribution in [2.24, 2.45) is 0 Å². The van der Waals surface area contributed by atoms with E-state index in [1.165, 1.54) is 0 Å². The molecular weight excluding hydrogens is 507 g/mol. The molecule has 0 heterocycles. The molecule has 1 fully saturated rings. The predicted octanol–water partition coefficient (Wildman–Crippen LogP) is 4.42. The quantitative estimate of drug-likeness (QED) is 0.421. The van der Waals surface area contributed by atoms with Crippen molar-refractivity contribution in [3.05, 3.63) is 0 Å². The van der Waals surface area contributed by atoms with Crippen molar-refractivity contribution in [1.29, 1.82) is 0 Å². The molecule has 1 rings (SSSR count). The fraction of sp³-hybridized carbons (Fsp3) is 1.00. The van der Waals surface area contributed by atoms with Gasteiger partial charge in [0.2, 0.25) is 0 Å². The van der Waals surface area contributed by atoms with Gasteiger partial charge in [-0.05, 0) is 0 Å². The monoisotopic (exact) mass is 508 g/mol. The van der Waals surface area contributed by atoms with E-state index < -0.39 is 0 Å². The van der Waals surface area contributed by atoms with E-state index in [4.69, 9.17) is 11.6 Å². The summed E-state index contributed by atoms with van der Waals surface area (Å²) >= 11 is 24.1. The lowest BCUT2D eigenvalue weighted by Gasteiger charge is -2.39. The zero-order valence-corrected chi connectivity index (χ0v) is 14.4. The Kier molecular flexibility index (Phi) is 5.48. The van der Waals surface area contributed by atoms with E-state index >= 15 is 0 Å². The first-order valence-corrected chi connectivity index (χ1v) is 8.32. The number of halogens is 6. The van der Waals surface area contributed by atoms with Crippen molar-refractivity contribution in [2.45, 2.75) is 29.5 Å². The molecule has 6 heteroatoms. The van der Waals surface area contributed by atoms with Crippen LogP contribution in [0.15, 0.2) is 0 Å². The van der Waals surface area contributed by atoms with E-state index in [0.717, 1.165) is 0 Å². The second kappa shape index (κ2) is 5.15. The minimum Gasteiger partial charge on any atom is -0.120 e. The molecule has 0 bridgehead atoms. The SMILES string of the molecule is ClC1[C@@H](Br)[C@H](Br)C(Br)[C@H](Br)[C@@H]1Br. The molecule has 0 saturated heterocycles. The van der Waals surface area contributed by atoms with Gasteiger partial charge in [0.15, 0.2) is 0 Å². The summed E-state index contributed by atoms with van der Waals surface area (Å²) in [6, 6.07) is 0. The third-order valence-electron chi connectivity index (χ3n) is 1.83. The molecule has 6 atom stereocenters. The fourth-order valence-corrected chi connectivity index (χ4v) is 6.65. The van der Waals surface area contributed by atoms with Crippen LogP contribution in [-0.2, 0) is 0 Å². The van der Waals surface area contributed by atoms with Gasteiger partial charge in [-0.1, -0.05) is 79.6 Å². The molecule has 1 aliphatic rings. The highest BCUT2D eigenvalue weighted by Crippen LogP contribution is 2.43. The lowest BCUT2D eigenvalue weighted by atomic mass is 9.99. The van der Waals surface area contributed by atoms with Gasteiger partial charge in [-0.25, -0.2) is 0 Å². The molecule has 0 aliphatic heterocycles. The smallest absolute Gasteiger partial charge is 0.0608 e. The highest BCUT2D eigenvalue weighted by Gasteiger charge is 2.45. The van der Waals surface area contributed by atoms with E-state index in [0.29, 0.717) is 14.5 Å². The largest absolute Gasteiger partial charge is 0.120 e. The Morgan fingerprint density at radius 1 is 0.583 bits per heavy atom. The van der Waals surface area contributed by atoms with E-state index in [1.54, 1.807) is 0 Å². The van der Waals surface area contributed by atoms with Crippen molar-refractivity contribution in [2.75, 3.05) is 0 Å². The van der Waals surface area contributed by atoms with Gasteiger partial charge in [0, 0.05) is 24.1 Å². The summed E-state index contributed by atoms with van der Waals surface area (Å²) in [5.41, 5.74) is 0. The van der Waals surface area contributed by atoms with Gasteiger partial charge in [-0.15, -0.1) is 11.6 Å². The Morgan fingerprint density at radius 2 is 0.833 bits per heavy atom. The Hall–Kier alpha value is 2.69.